The molecule has 2 aromatic carbocycles. The maximum Gasteiger partial charge on any atom is 0.160 e. The highest BCUT2D eigenvalue weighted by molar-refractivity contribution is 5.48. The van der Waals surface area contributed by atoms with Crippen LogP contribution < -0.4 is 5.32 Å². The third-order valence-corrected chi connectivity index (χ3v) is 3.35. The Morgan fingerprint density at radius 1 is 0.818 bits per heavy atom. The first-order valence-electron chi connectivity index (χ1n) is 6.91. The lowest BCUT2D eigenvalue weighted by molar-refractivity contribution is 0.509. The molecule has 22 heavy (non-hydrogen) atoms. The lowest BCUT2D eigenvalue weighted by atomic mass is 10.0. The van der Waals surface area contributed by atoms with Crippen LogP contribution in [0.2, 0.25) is 0 Å². The highest BCUT2D eigenvalue weighted by atomic mass is 19.2. The van der Waals surface area contributed by atoms with Gasteiger partial charge in [-0.25, -0.2) is 8.78 Å². The first-order chi connectivity index (χ1) is 10.7. The van der Waals surface area contributed by atoms with Gasteiger partial charge < -0.3 is 5.32 Å². The van der Waals surface area contributed by atoms with Crippen molar-refractivity contribution in [1.29, 1.82) is 0 Å². The van der Waals surface area contributed by atoms with E-state index in [0.29, 0.717) is 5.69 Å². The van der Waals surface area contributed by atoms with Gasteiger partial charge in [0.15, 0.2) is 11.6 Å². The molecule has 2 nitrogen and oxygen atoms in total. The van der Waals surface area contributed by atoms with Crippen LogP contribution in [0.15, 0.2) is 72.9 Å². The van der Waals surface area contributed by atoms with Gasteiger partial charge in [-0.05, 0) is 29.8 Å². The number of nitrogens with one attached hydrogen (secondary N) is 1. The summed E-state index contributed by atoms with van der Waals surface area (Å²) in [6.07, 6.45) is 1.71. The number of halogens is 2. The van der Waals surface area contributed by atoms with Gasteiger partial charge in [-0.3, -0.25) is 4.98 Å². The molecule has 4 heteroatoms. The number of aromatic nitrogens is 1. The summed E-state index contributed by atoms with van der Waals surface area (Å²) in [5, 5.41) is 3.21. The minimum absolute atomic E-state index is 0.243. The van der Waals surface area contributed by atoms with Gasteiger partial charge >= 0.3 is 0 Å². The van der Waals surface area contributed by atoms with Crippen LogP contribution in [0.4, 0.5) is 14.5 Å². The Bertz CT molecular complexity index is 706. The summed E-state index contributed by atoms with van der Waals surface area (Å²) >= 11 is 0. The molecule has 0 amide bonds. The predicted octanol–water partition coefficient (Wildman–Crippen LogP) is 4.56. The Kier molecular flexibility index (Phi) is 4.10. The van der Waals surface area contributed by atoms with Crippen molar-refractivity contribution in [2.75, 3.05) is 5.32 Å². The molecule has 0 fully saturated rings. The normalized spacial score (nSPS) is 11.9. The summed E-state index contributed by atoms with van der Waals surface area (Å²) in [6, 6.07) is 18.9. The standard InChI is InChI=1S/C18H14F2N2/c19-15-10-9-14(12-16(15)20)22-18(13-6-2-1-3-7-13)17-8-4-5-11-21-17/h1-12,18,22H. The molecule has 3 rings (SSSR count). The van der Waals surface area contributed by atoms with Crippen molar-refractivity contribution in [1.82, 2.24) is 4.98 Å². The molecule has 0 aliphatic heterocycles. The molecule has 0 saturated heterocycles. The molecule has 0 radical (unpaired) electrons. The van der Waals surface area contributed by atoms with Crippen LogP contribution in [0.3, 0.4) is 0 Å². The first-order valence-corrected chi connectivity index (χ1v) is 6.91. The fourth-order valence-electron chi connectivity index (χ4n) is 2.27. The topological polar surface area (TPSA) is 24.9 Å². The molecule has 110 valence electrons. The van der Waals surface area contributed by atoms with Crippen molar-refractivity contribution >= 4 is 5.69 Å². The quantitative estimate of drug-likeness (QED) is 0.763. The van der Waals surface area contributed by atoms with Gasteiger partial charge in [0.25, 0.3) is 0 Å². The van der Waals surface area contributed by atoms with E-state index in [1.54, 1.807) is 6.20 Å². The van der Waals surface area contributed by atoms with E-state index in [9.17, 15) is 8.78 Å². The highest BCUT2D eigenvalue weighted by Crippen LogP contribution is 2.26. The second kappa shape index (κ2) is 6.35. The summed E-state index contributed by atoms with van der Waals surface area (Å²) in [7, 11) is 0. The Hall–Kier alpha value is -2.75. The maximum atomic E-state index is 13.4. The van der Waals surface area contributed by atoms with E-state index in [1.165, 1.54) is 6.07 Å². The zero-order valence-electron chi connectivity index (χ0n) is 11.7. The number of nitrogens with zero attached hydrogens (tertiary/aromatic N) is 1. The Morgan fingerprint density at radius 2 is 1.59 bits per heavy atom. The van der Waals surface area contributed by atoms with Crippen LogP contribution in [0, 0.1) is 11.6 Å². The Labute approximate surface area is 127 Å². The fraction of sp³-hybridized carbons (Fsp3) is 0.0556. The minimum atomic E-state index is -0.877. The third-order valence-electron chi connectivity index (χ3n) is 3.35. The highest BCUT2D eigenvalue weighted by Gasteiger charge is 2.15. The molecule has 0 bridgehead atoms. The van der Waals surface area contributed by atoms with Gasteiger partial charge in [0.1, 0.15) is 0 Å². The molecular formula is C18H14F2N2. The molecule has 1 atom stereocenters. The molecular weight excluding hydrogens is 282 g/mol. The van der Waals surface area contributed by atoms with E-state index in [-0.39, 0.29) is 6.04 Å². The summed E-state index contributed by atoms with van der Waals surface area (Å²) < 4.78 is 26.5. The zero-order valence-corrected chi connectivity index (χ0v) is 11.7. The van der Waals surface area contributed by atoms with E-state index < -0.39 is 11.6 Å². The fourth-order valence-corrected chi connectivity index (χ4v) is 2.27. The predicted molar refractivity (Wildman–Crippen MR) is 82.5 cm³/mol. The van der Waals surface area contributed by atoms with E-state index in [0.717, 1.165) is 23.4 Å². The van der Waals surface area contributed by atoms with Crippen LogP contribution in [-0.4, -0.2) is 4.98 Å². The average Bonchev–Trinajstić information content (AvgIpc) is 2.57. The largest absolute Gasteiger partial charge is 0.373 e. The van der Waals surface area contributed by atoms with E-state index in [1.807, 2.05) is 48.5 Å². The second-order valence-corrected chi connectivity index (χ2v) is 4.87. The van der Waals surface area contributed by atoms with Crippen LogP contribution in [0.1, 0.15) is 17.3 Å². The van der Waals surface area contributed by atoms with E-state index in [2.05, 4.69) is 10.3 Å². The van der Waals surface area contributed by atoms with Crippen molar-refractivity contribution in [3.8, 4) is 0 Å². The lowest BCUT2D eigenvalue weighted by Gasteiger charge is -2.20. The van der Waals surface area contributed by atoms with Gasteiger partial charge in [-0.2, -0.15) is 0 Å². The molecule has 1 heterocycles. The molecule has 1 N–H and O–H groups in total. The molecule has 0 saturated carbocycles. The smallest absolute Gasteiger partial charge is 0.160 e. The zero-order chi connectivity index (χ0) is 15.4. The number of rotatable bonds is 4. The van der Waals surface area contributed by atoms with Crippen LogP contribution in [-0.2, 0) is 0 Å². The van der Waals surface area contributed by atoms with Crippen LogP contribution >= 0.6 is 0 Å². The van der Waals surface area contributed by atoms with Crippen molar-refractivity contribution in [3.63, 3.8) is 0 Å². The van der Waals surface area contributed by atoms with Gasteiger partial charge in [-0.15, -0.1) is 0 Å². The van der Waals surface area contributed by atoms with Crippen molar-refractivity contribution in [2.24, 2.45) is 0 Å². The summed E-state index contributed by atoms with van der Waals surface area (Å²) in [6.45, 7) is 0. The number of hydrogen-bond acceptors (Lipinski definition) is 2. The molecule has 0 spiro atoms. The van der Waals surface area contributed by atoms with Gasteiger partial charge in [0.2, 0.25) is 0 Å². The average molecular weight is 296 g/mol. The van der Waals surface area contributed by atoms with Crippen molar-refractivity contribution < 1.29 is 8.78 Å². The number of benzene rings is 2. The monoisotopic (exact) mass is 296 g/mol. The first kappa shape index (κ1) is 14.2. The number of hydrogen-bond donors (Lipinski definition) is 1. The second-order valence-electron chi connectivity index (χ2n) is 4.87. The molecule has 0 aliphatic carbocycles. The third kappa shape index (κ3) is 3.11. The van der Waals surface area contributed by atoms with Crippen molar-refractivity contribution in [3.05, 3.63) is 95.8 Å². The number of anilines is 1. The van der Waals surface area contributed by atoms with E-state index >= 15 is 0 Å². The van der Waals surface area contributed by atoms with Gasteiger partial charge in [0, 0.05) is 18.0 Å². The molecule has 1 unspecified atom stereocenters. The number of pyridine rings is 1. The minimum Gasteiger partial charge on any atom is -0.373 e. The summed E-state index contributed by atoms with van der Waals surface area (Å²) in [5.74, 6) is -1.74. The van der Waals surface area contributed by atoms with Crippen molar-refractivity contribution in [2.45, 2.75) is 6.04 Å². The van der Waals surface area contributed by atoms with Gasteiger partial charge in [0.05, 0.1) is 11.7 Å². The Balaban J connectivity index is 1.97. The SMILES string of the molecule is Fc1ccc(NC(c2ccccc2)c2ccccn2)cc1F. The van der Waals surface area contributed by atoms with Gasteiger partial charge in [-0.1, -0.05) is 36.4 Å². The Morgan fingerprint density at radius 3 is 2.27 bits per heavy atom. The molecule has 3 aromatic rings. The summed E-state index contributed by atoms with van der Waals surface area (Å²) in [4.78, 5) is 4.36. The van der Waals surface area contributed by atoms with E-state index in [4.69, 9.17) is 0 Å². The maximum absolute atomic E-state index is 13.4. The van der Waals surface area contributed by atoms with Crippen LogP contribution in [0.5, 0.6) is 0 Å². The summed E-state index contributed by atoms with van der Waals surface area (Å²) in [5.41, 5.74) is 2.29. The molecule has 1 aromatic heterocycles. The lowest BCUT2D eigenvalue weighted by Crippen LogP contribution is -2.14. The van der Waals surface area contributed by atoms with Crippen LogP contribution in [0.25, 0.3) is 0 Å². The molecule has 0 aliphatic rings.